The standard InChI is InChI=1S/C14H9F2NO/c15-12-4-6-13(7-5-12)18-9-11-3-1-2-10(8-17)14(11)16/h1-7H,9H2. The second-order valence-electron chi connectivity index (χ2n) is 3.63. The van der Waals surface area contributed by atoms with Gasteiger partial charge in [0.2, 0.25) is 0 Å². The van der Waals surface area contributed by atoms with Crippen molar-refractivity contribution in [3.05, 3.63) is 65.2 Å². The summed E-state index contributed by atoms with van der Waals surface area (Å²) < 4.78 is 31.6. The minimum atomic E-state index is -0.581. The Bertz CT molecular complexity index is 588. The molecule has 0 amide bonds. The van der Waals surface area contributed by atoms with Crippen molar-refractivity contribution in [2.45, 2.75) is 6.61 Å². The molecule has 2 rings (SSSR count). The predicted molar refractivity (Wildman–Crippen MR) is 61.8 cm³/mol. The van der Waals surface area contributed by atoms with E-state index in [-0.39, 0.29) is 18.0 Å². The summed E-state index contributed by atoms with van der Waals surface area (Å²) in [5.41, 5.74) is 0.272. The van der Waals surface area contributed by atoms with Gasteiger partial charge in [-0.1, -0.05) is 12.1 Å². The fraction of sp³-hybridized carbons (Fsp3) is 0.0714. The van der Waals surface area contributed by atoms with Crippen molar-refractivity contribution < 1.29 is 13.5 Å². The third kappa shape index (κ3) is 2.64. The molecule has 0 spiro atoms. The highest BCUT2D eigenvalue weighted by atomic mass is 19.1. The number of nitrogens with zero attached hydrogens (tertiary/aromatic N) is 1. The summed E-state index contributed by atoms with van der Waals surface area (Å²) in [5, 5.41) is 8.69. The zero-order chi connectivity index (χ0) is 13.0. The lowest BCUT2D eigenvalue weighted by molar-refractivity contribution is 0.299. The molecule has 0 atom stereocenters. The van der Waals surface area contributed by atoms with Crippen LogP contribution in [0.2, 0.25) is 0 Å². The van der Waals surface area contributed by atoms with Crippen molar-refractivity contribution in [3.63, 3.8) is 0 Å². The van der Waals surface area contributed by atoms with Gasteiger partial charge in [-0.2, -0.15) is 5.26 Å². The van der Waals surface area contributed by atoms with Crippen LogP contribution in [-0.4, -0.2) is 0 Å². The number of hydrogen-bond donors (Lipinski definition) is 0. The third-order valence-electron chi connectivity index (χ3n) is 2.41. The highest BCUT2D eigenvalue weighted by Gasteiger charge is 2.07. The van der Waals surface area contributed by atoms with Crippen molar-refractivity contribution in [2.75, 3.05) is 0 Å². The van der Waals surface area contributed by atoms with Crippen LogP contribution in [0, 0.1) is 23.0 Å². The van der Waals surface area contributed by atoms with E-state index >= 15 is 0 Å². The van der Waals surface area contributed by atoms with E-state index in [9.17, 15) is 8.78 Å². The van der Waals surface area contributed by atoms with Crippen LogP contribution in [0.3, 0.4) is 0 Å². The molecule has 2 nitrogen and oxygen atoms in total. The van der Waals surface area contributed by atoms with Crippen LogP contribution >= 0.6 is 0 Å². The van der Waals surface area contributed by atoms with E-state index in [1.165, 1.54) is 30.3 Å². The van der Waals surface area contributed by atoms with E-state index in [0.717, 1.165) is 0 Å². The molecule has 18 heavy (non-hydrogen) atoms. The van der Waals surface area contributed by atoms with E-state index in [2.05, 4.69) is 0 Å². The first-order valence-corrected chi connectivity index (χ1v) is 5.26. The van der Waals surface area contributed by atoms with Gasteiger partial charge in [0, 0.05) is 5.56 Å². The molecule has 0 unspecified atom stereocenters. The molecule has 2 aromatic carbocycles. The predicted octanol–water partition coefficient (Wildman–Crippen LogP) is 3.42. The van der Waals surface area contributed by atoms with E-state index in [4.69, 9.17) is 10.00 Å². The quantitative estimate of drug-likeness (QED) is 0.830. The molecule has 90 valence electrons. The minimum Gasteiger partial charge on any atom is -0.489 e. The zero-order valence-electron chi connectivity index (χ0n) is 9.36. The molecule has 0 bridgehead atoms. The molecule has 4 heteroatoms. The Labute approximate surface area is 103 Å². The fourth-order valence-corrected chi connectivity index (χ4v) is 1.47. The second kappa shape index (κ2) is 5.28. The number of rotatable bonds is 3. The summed E-state index contributed by atoms with van der Waals surface area (Å²) in [4.78, 5) is 0. The molecule has 0 aliphatic carbocycles. The minimum absolute atomic E-state index is 0.00696. The Morgan fingerprint density at radius 1 is 1.06 bits per heavy atom. The van der Waals surface area contributed by atoms with E-state index in [0.29, 0.717) is 11.3 Å². The molecule has 0 heterocycles. The molecule has 0 fully saturated rings. The van der Waals surface area contributed by atoms with Crippen LogP contribution in [0.5, 0.6) is 5.75 Å². The summed E-state index contributed by atoms with van der Waals surface area (Å²) >= 11 is 0. The molecular weight excluding hydrogens is 236 g/mol. The van der Waals surface area contributed by atoms with E-state index in [1.54, 1.807) is 18.2 Å². The number of ether oxygens (including phenoxy) is 1. The molecule has 0 saturated heterocycles. The largest absolute Gasteiger partial charge is 0.489 e. The average molecular weight is 245 g/mol. The van der Waals surface area contributed by atoms with Crippen LogP contribution in [0.25, 0.3) is 0 Å². The summed E-state index contributed by atoms with van der Waals surface area (Å²) in [7, 11) is 0. The van der Waals surface area contributed by atoms with Gasteiger partial charge >= 0.3 is 0 Å². The molecule has 0 aliphatic heterocycles. The van der Waals surface area contributed by atoms with Crippen molar-refractivity contribution in [3.8, 4) is 11.8 Å². The van der Waals surface area contributed by atoms with Gasteiger partial charge in [0.15, 0.2) is 0 Å². The molecule has 0 N–H and O–H groups in total. The molecule has 0 aromatic heterocycles. The maximum atomic E-state index is 13.7. The Kier molecular flexibility index (Phi) is 3.54. The van der Waals surface area contributed by atoms with Crippen LogP contribution < -0.4 is 4.74 Å². The highest BCUT2D eigenvalue weighted by molar-refractivity contribution is 5.35. The fourth-order valence-electron chi connectivity index (χ4n) is 1.47. The molecular formula is C14H9F2NO. The molecule has 2 aromatic rings. The summed E-state index contributed by atoms with van der Waals surface area (Å²) in [5.74, 6) is -0.500. The van der Waals surface area contributed by atoms with Crippen LogP contribution in [0.15, 0.2) is 42.5 Å². The number of benzene rings is 2. The van der Waals surface area contributed by atoms with Crippen LogP contribution in [0.1, 0.15) is 11.1 Å². The topological polar surface area (TPSA) is 33.0 Å². The first-order valence-electron chi connectivity index (χ1n) is 5.26. The second-order valence-corrected chi connectivity index (χ2v) is 3.63. The number of halogens is 2. The Morgan fingerprint density at radius 3 is 2.44 bits per heavy atom. The first-order chi connectivity index (χ1) is 8.70. The van der Waals surface area contributed by atoms with Gasteiger partial charge in [-0.05, 0) is 30.3 Å². The van der Waals surface area contributed by atoms with Gasteiger partial charge in [-0.25, -0.2) is 8.78 Å². The Hall–Kier alpha value is -2.41. The van der Waals surface area contributed by atoms with Gasteiger partial charge in [0.25, 0.3) is 0 Å². The molecule has 0 radical (unpaired) electrons. The number of hydrogen-bond acceptors (Lipinski definition) is 2. The first kappa shape index (κ1) is 12.1. The summed E-state index contributed by atoms with van der Waals surface area (Å²) in [6, 6.07) is 11.7. The Morgan fingerprint density at radius 2 is 1.78 bits per heavy atom. The van der Waals surface area contributed by atoms with Gasteiger partial charge in [-0.15, -0.1) is 0 Å². The lowest BCUT2D eigenvalue weighted by Gasteiger charge is -2.07. The van der Waals surface area contributed by atoms with Gasteiger partial charge in [0.1, 0.15) is 30.1 Å². The van der Waals surface area contributed by atoms with Crippen molar-refractivity contribution in [1.82, 2.24) is 0 Å². The summed E-state index contributed by atoms with van der Waals surface area (Å²) in [6.45, 7) is -0.00696. The maximum absolute atomic E-state index is 13.7. The normalized spacial score (nSPS) is 9.83. The zero-order valence-corrected chi connectivity index (χ0v) is 9.36. The van der Waals surface area contributed by atoms with Gasteiger partial charge in [-0.3, -0.25) is 0 Å². The Balaban J connectivity index is 2.11. The molecule has 0 saturated carbocycles. The third-order valence-corrected chi connectivity index (χ3v) is 2.41. The van der Waals surface area contributed by atoms with Gasteiger partial charge in [0.05, 0.1) is 5.56 Å². The van der Waals surface area contributed by atoms with Crippen molar-refractivity contribution >= 4 is 0 Å². The average Bonchev–Trinajstić information content (AvgIpc) is 2.39. The van der Waals surface area contributed by atoms with Crippen molar-refractivity contribution in [1.29, 1.82) is 5.26 Å². The van der Waals surface area contributed by atoms with E-state index in [1.807, 2.05) is 0 Å². The highest BCUT2D eigenvalue weighted by Crippen LogP contribution is 2.16. The monoisotopic (exact) mass is 245 g/mol. The smallest absolute Gasteiger partial charge is 0.147 e. The van der Waals surface area contributed by atoms with Crippen LogP contribution in [0.4, 0.5) is 8.78 Å². The lowest BCUT2D eigenvalue weighted by atomic mass is 10.1. The summed E-state index contributed by atoms with van der Waals surface area (Å²) in [6.07, 6.45) is 0. The molecule has 0 aliphatic rings. The van der Waals surface area contributed by atoms with Crippen LogP contribution in [-0.2, 0) is 6.61 Å². The van der Waals surface area contributed by atoms with E-state index < -0.39 is 5.82 Å². The maximum Gasteiger partial charge on any atom is 0.147 e. The lowest BCUT2D eigenvalue weighted by Crippen LogP contribution is -2.00. The number of nitriles is 1. The van der Waals surface area contributed by atoms with Crippen molar-refractivity contribution in [2.24, 2.45) is 0 Å². The SMILES string of the molecule is N#Cc1cccc(COc2ccc(F)cc2)c1F. The van der Waals surface area contributed by atoms with Gasteiger partial charge < -0.3 is 4.74 Å².